The van der Waals surface area contributed by atoms with E-state index in [-0.39, 0.29) is 34.7 Å². The molecule has 12 rings (SSSR count). The maximum Gasteiger partial charge on any atom is 0.412 e. The number of phenols is 1. The number of hydrogen-bond donors (Lipinski definition) is 4. The van der Waals surface area contributed by atoms with Crippen molar-refractivity contribution in [3.8, 4) is 17.2 Å². The van der Waals surface area contributed by atoms with E-state index in [4.69, 9.17) is 26.8 Å². The largest absolute Gasteiger partial charge is 1.00 e. The molecule has 6 saturated carbocycles. The van der Waals surface area contributed by atoms with Gasteiger partial charge in [-0.3, -0.25) is 14.4 Å². The van der Waals surface area contributed by atoms with Gasteiger partial charge in [0, 0.05) is 60.2 Å². The molecule has 5 N–H and O–H groups in total. The number of carbonyl (C=O) groups is 5. The zero-order chi connectivity index (χ0) is 55.0. The summed E-state index contributed by atoms with van der Waals surface area (Å²) >= 11 is 5.30. The molecule has 6 fully saturated rings. The quantitative estimate of drug-likeness (QED) is 0.174. The molecule has 12 nitrogen and oxygen atoms in total. The smallest absolute Gasteiger partial charge is 0.412 e. The second-order valence-corrected chi connectivity index (χ2v) is 26.1. The van der Waals surface area contributed by atoms with Gasteiger partial charge in [-0.2, -0.15) is 0 Å². The first-order valence-electron chi connectivity index (χ1n) is 29.4. The molecule has 0 aromatic heterocycles. The zero-order valence-electron chi connectivity index (χ0n) is 47.5. The topological polar surface area (TPSA) is 170 Å². The standard InChI is InChI=1S/C23H32N2O3.C19H21ClO3.C18H22O2.C4H12N2.ClH/c1-23-11-10-18-17-7-5-16(28-22(27)24-12-13-25(2)3)14-15(17)4-6-19(18)20(23)8-9-21(23)26;1-19-9-8-14-13-5-3-12(23-18(20)22)10-11(13)2-4-15(14)16(19)6-7-17(19)21;1-18-9-8-14-13-5-3-12(19)10-11(13)2-4-15(14)16(18)6-7-17(18)20;1-6(2)4-3-5;/h5,7,14,18-20H,4,6,8-13H2,1-3H3,(H,24,27);3,5,10,14-16H,2,4,6-9H2,1H3;3,5,10,14-16,19H,2,4,6-9H2,1H3;3-5H2,1-2H3;1H/t;14-,15-,16+,19+;14-,15-,16+,18+;;/m.11../s1. The van der Waals surface area contributed by atoms with E-state index in [9.17, 15) is 29.1 Å². The van der Waals surface area contributed by atoms with Crippen LogP contribution in [0.5, 0.6) is 17.2 Å². The number of nitrogens with one attached hydrogen (secondary N) is 2. The number of nitrogens with two attached hydrogens (primary N) is 1. The van der Waals surface area contributed by atoms with Gasteiger partial charge in [-0.15, -0.1) is 0 Å². The van der Waals surface area contributed by atoms with Crippen LogP contribution in [-0.4, -0.2) is 93.2 Å². The van der Waals surface area contributed by atoms with Gasteiger partial charge in [-0.25, -0.2) is 9.59 Å². The lowest BCUT2D eigenvalue weighted by Crippen LogP contribution is -3.06. The van der Waals surface area contributed by atoms with Gasteiger partial charge < -0.3 is 47.8 Å². The van der Waals surface area contributed by atoms with Crippen molar-refractivity contribution in [2.45, 2.75) is 154 Å². The van der Waals surface area contributed by atoms with E-state index in [1.165, 1.54) is 44.7 Å². The van der Waals surface area contributed by atoms with Crippen molar-refractivity contribution in [1.29, 1.82) is 0 Å². The normalized spacial score (nSPS) is 32.3. The third kappa shape index (κ3) is 12.1. The van der Waals surface area contributed by atoms with Crippen LogP contribution in [0, 0.1) is 51.8 Å². The SMILES string of the molecule is CN(C)CCN.C[C@]12CC[C@@H]3c4ccc(O)cc4CC[C@H]3[C@@H]1CCC2=O.C[C@]12CC[C@@H]3c4ccc(OC(=O)Cl)cc4CC[C@H]3[C@@H]1CCC2=O.C[NH+](C)CCNC(=O)Oc1ccc2c(c1)CCC1C2CCC2(C)C(=O)CCC12.[Cl-]. The third-order valence-electron chi connectivity index (χ3n) is 21.1. The molecule has 0 heterocycles. The number of aryl methyl sites for hydroxylation is 3. The highest BCUT2D eigenvalue weighted by molar-refractivity contribution is 6.61. The van der Waals surface area contributed by atoms with Crippen molar-refractivity contribution in [2.75, 3.05) is 54.4 Å². The molecule has 0 aliphatic heterocycles. The van der Waals surface area contributed by atoms with Gasteiger partial charge in [0.05, 0.1) is 27.2 Å². The first-order valence-corrected chi connectivity index (χ1v) is 29.8. The molecule has 9 aliphatic carbocycles. The number of halogens is 2. The van der Waals surface area contributed by atoms with Crippen molar-refractivity contribution in [1.82, 2.24) is 10.2 Å². The van der Waals surface area contributed by atoms with Crippen LogP contribution in [0.1, 0.15) is 168 Å². The number of phenolic OH excluding ortho intramolecular Hbond substituents is 1. The highest BCUT2D eigenvalue weighted by Gasteiger charge is 2.57. The van der Waals surface area contributed by atoms with Crippen molar-refractivity contribution >= 4 is 40.5 Å². The van der Waals surface area contributed by atoms with E-state index in [0.717, 1.165) is 129 Å². The highest BCUT2D eigenvalue weighted by Crippen LogP contribution is 2.62. The van der Waals surface area contributed by atoms with Gasteiger partial charge in [0.1, 0.15) is 34.6 Å². The molecular formula is C64H88Cl2N4O8. The molecular weight excluding hydrogens is 1020 g/mol. The van der Waals surface area contributed by atoms with E-state index in [1.54, 1.807) is 0 Å². The fourth-order valence-corrected chi connectivity index (χ4v) is 17.1. The number of ether oxygens (including phenoxy) is 2. The number of carbonyl (C=O) groups excluding carboxylic acids is 5. The molecule has 14 heteroatoms. The second-order valence-electron chi connectivity index (χ2n) is 25.8. The molecule has 9 aliphatic rings. The van der Waals surface area contributed by atoms with Crippen LogP contribution in [0.4, 0.5) is 9.59 Å². The van der Waals surface area contributed by atoms with Crippen LogP contribution in [0.3, 0.4) is 0 Å². The number of nitrogens with zero attached hydrogens (tertiary/aromatic N) is 1. The number of ketones is 3. The summed E-state index contributed by atoms with van der Waals surface area (Å²) in [6.07, 6.45) is 18.1. The average molecular weight is 1110 g/mol. The Morgan fingerprint density at radius 3 is 1.40 bits per heavy atom. The molecule has 0 saturated heterocycles. The average Bonchev–Trinajstić information content (AvgIpc) is 4.10. The minimum absolute atomic E-state index is 0. The molecule has 0 spiro atoms. The number of Topliss-reactive ketones (excluding diaryl/α,β-unsaturated/α-hetero) is 3. The van der Waals surface area contributed by atoms with Crippen molar-refractivity contribution in [3.05, 3.63) is 88.0 Å². The Morgan fingerprint density at radius 2 is 1.03 bits per heavy atom. The van der Waals surface area contributed by atoms with Crippen LogP contribution in [-0.2, 0) is 33.6 Å². The Morgan fingerprint density at radius 1 is 0.628 bits per heavy atom. The number of quaternary nitrogens is 1. The number of hydrogen-bond acceptors (Lipinski definition) is 10. The zero-order valence-corrected chi connectivity index (χ0v) is 49.0. The van der Waals surface area contributed by atoms with Gasteiger partial charge in [0.15, 0.2) is 0 Å². The maximum atomic E-state index is 12.5. The van der Waals surface area contributed by atoms with Gasteiger partial charge >= 0.3 is 11.5 Å². The maximum absolute atomic E-state index is 12.5. The number of aromatic hydroxyl groups is 1. The molecule has 0 radical (unpaired) electrons. The van der Waals surface area contributed by atoms with Crippen LogP contribution >= 0.6 is 11.6 Å². The predicted molar refractivity (Wildman–Crippen MR) is 301 cm³/mol. The van der Waals surface area contributed by atoms with Crippen molar-refractivity contribution in [2.24, 2.45) is 57.5 Å². The van der Waals surface area contributed by atoms with E-state index < -0.39 is 5.43 Å². The summed E-state index contributed by atoms with van der Waals surface area (Å²) in [5.74, 6) is 8.35. The first-order chi connectivity index (χ1) is 36.7. The van der Waals surface area contributed by atoms with E-state index >= 15 is 0 Å². The minimum atomic E-state index is -0.795. The second kappa shape index (κ2) is 24.8. The van der Waals surface area contributed by atoms with Gasteiger partial charge in [0.2, 0.25) is 0 Å². The highest BCUT2D eigenvalue weighted by atomic mass is 35.5. The lowest BCUT2D eigenvalue weighted by Gasteiger charge is -2.48. The molecule has 1 amide bonds. The Labute approximate surface area is 475 Å². The van der Waals surface area contributed by atoms with E-state index in [1.807, 2.05) is 44.4 Å². The molecule has 3 aromatic rings. The van der Waals surface area contributed by atoms with Gasteiger partial charge in [0.25, 0.3) is 0 Å². The van der Waals surface area contributed by atoms with Crippen molar-refractivity contribution in [3.63, 3.8) is 0 Å². The molecule has 78 heavy (non-hydrogen) atoms. The Bertz CT molecular complexity index is 2700. The van der Waals surface area contributed by atoms with Crippen molar-refractivity contribution < 1.29 is 55.9 Å². The lowest BCUT2D eigenvalue weighted by atomic mass is 9.55. The Balaban J connectivity index is 0.000000147. The Kier molecular flexibility index (Phi) is 19.0. The summed E-state index contributed by atoms with van der Waals surface area (Å²) in [4.78, 5) is 63.3. The molecule has 426 valence electrons. The summed E-state index contributed by atoms with van der Waals surface area (Å²) in [7, 11) is 8.12. The first kappa shape index (κ1) is 59.8. The summed E-state index contributed by atoms with van der Waals surface area (Å²) in [6, 6.07) is 17.9. The number of rotatable bonds is 7. The number of fused-ring (bicyclic) bond motifs is 15. The van der Waals surface area contributed by atoms with Crippen LogP contribution in [0.2, 0.25) is 0 Å². The fraction of sp³-hybridized carbons (Fsp3) is 0.641. The number of amides is 1. The van der Waals surface area contributed by atoms with Crippen LogP contribution < -0.4 is 37.8 Å². The summed E-state index contributed by atoms with van der Waals surface area (Å²) in [5, 5.41) is 12.5. The lowest BCUT2D eigenvalue weighted by molar-refractivity contribution is -0.856. The van der Waals surface area contributed by atoms with E-state index in [2.05, 4.69) is 69.3 Å². The Hall–Kier alpha value is -4.33. The monoisotopic (exact) mass is 1110 g/mol. The third-order valence-corrected chi connectivity index (χ3v) is 21.2. The van der Waals surface area contributed by atoms with Crippen LogP contribution in [0.15, 0.2) is 54.6 Å². The van der Waals surface area contributed by atoms with E-state index in [0.29, 0.717) is 94.4 Å². The number of likely N-dealkylation sites (N-methyl/N-ethyl adjacent to an activating group) is 2. The van der Waals surface area contributed by atoms with Gasteiger partial charge in [-0.1, -0.05) is 39.0 Å². The summed E-state index contributed by atoms with van der Waals surface area (Å²) < 4.78 is 10.5. The fourth-order valence-electron chi connectivity index (χ4n) is 17.0. The molecule has 4 unspecified atom stereocenters. The van der Waals surface area contributed by atoms with Gasteiger partial charge in [-0.05, 0) is 233 Å². The summed E-state index contributed by atoms with van der Waals surface area (Å²) in [5.41, 5.74) is 12.4. The molecule has 0 bridgehead atoms. The minimum Gasteiger partial charge on any atom is -1.00 e. The summed E-state index contributed by atoms with van der Waals surface area (Å²) in [6.45, 7) is 9.84. The predicted octanol–water partition coefficient (Wildman–Crippen LogP) is 7.52. The molecule has 3 aromatic carbocycles. The molecule has 12 atom stereocenters. The van der Waals surface area contributed by atoms with Crippen LogP contribution in [0.25, 0.3) is 0 Å². The number of benzene rings is 3.